The van der Waals surface area contributed by atoms with E-state index in [1.807, 2.05) is 0 Å². The molecule has 0 N–H and O–H groups in total. The van der Waals surface area contributed by atoms with Gasteiger partial charge in [0.2, 0.25) is 0 Å². The maximum Gasteiger partial charge on any atom is 0.416 e. The minimum absolute atomic E-state index is 0.123. The Morgan fingerprint density at radius 3 is 2.71 bits per heavy atom. The smallest absolute Gasteiger partial charge is 0.383 e. The molecule has 0 amide bonds. The number of alkyl halides is 3. The SMILES string of the molecule is COCC1CCCN1S(=O)(=O)N(C)Cc1cccc(C(F)(F)F)c1. The highest BCUT2D eigenvalue weighted by molar-refractivity contribution is 7.86. The number of ether oxygens (including phenoxy) is 1. The van der Waals surface area contributed by atoms with Crippen molar-refractivity contribution in [2.75, 3.05) is 27.3 Å². The van der Waals surface area contributed by atoms with Crippen molar-refractivity contribution >= 4 is 10.2 Å². The molecule has 1 atom stereocenters. The molecule has 0 bridgehead atoms. The lowest BCUT2D eigenvalue weighted by Gasteiger charge is -2.28. The fourth-order valence-electron chi connectivity index (χ4n) is 2.84. The molecule has 1 aliphatic rings. The summed E-state index contributed by atoms with van der Waals surface area (Å²) in [6.45, 7) is 0.572. The zero-order valence-corrected chi connectivity index (χ0v) is 14.4. The van der Waals surface area contributed by atoms with Gasteiger partial charge in [0.15, 0.2) is 0 Å². The lowest BCUT2D eigenvalue weighted by atomic mass is 10.1. The average molecular weight is 366 g/mol. The van der Waals surface area contributed by atoms with Crippen LogP contribution in [0.4, 0.5) is 13.2 Å². The van der Waals surface area contributed by atoms with E-state index in [1.54, 1.807) is 0 Å². The van der Waals surface area contributed by atoms with Gasteiger partial charge in [-0.15, -0.1) is 0 Å². The summed E-state index contributed by atoms with van der Waals surface area (Å²) in [5.41, 5.74) is -0.498. The summed E-state index contributed by atoms with van der Waals surface area (Å²) >= 11 is 0. The molecular weight excluding hydrogens is 345 g/mol. The molecule has 1 saturated heterocycles. The van der Waals surface area contributed by atoms with Crippen LogP contribution in [0, 0.1) is 0 Å². The van der Waals surface area contributed by atoms with E-state index < -0.39 is 21.9 Å². The Kier molecular flexibility index (Phi) is 5.90. The third-order valence-corrected chi connectivity index (χ3v) is 6.02. The number of nitrogens with zero attached hydrogens (tertiary/aromatic N) is 2. The van der Waals surface area contributed by atoms with Gasteiger partial charge < -0.3 is 4.74 Å². The van der Waals surface area contributed by atoms with E-state index in [0.717, 1.165) is 22.9 Å². The van der Waals surface area contributed by atoms with Crippen LogP contribution >= 0.6 is 0 Å². The van der Waals surface area contributed by atoms with Crippen molar-refractivity contribution in [3.63, 3.8) is 0 Å². The fraction of sp³-hybridized carbons (Fsp3) is 0.600. The topological polar surface area (TPSA) is 49.9 Å². The lowest BCUT2D eigenvalue weighted by Crippen LogP contribution is -2.45. The van der Waals surface area contributed by atoms with Crippen molar-refractivity contribution in [3.05, 3.63) is 35.4 Å². The number of benzene rings is 1. The first-order valence-electron chi connectivity index (χ1n) is 7.54. The average Bonchev–Trinajstić information content (AvgIpc) is 2.96. The number of rotatable bonds is 6. The van der Waals surface area contributed by atoms with Crippen molar-refractivity contribution in [1.29, 1.82) is 0 Å². The molecule has 24 heavy (non-hydrogen) atoms. The predicted molar refractivity (Wildman–Crippen MR) is 83.4 cm³/mol. The van der Waals surface area contributed by atoms with Crippen LogP contribution in [0.2, 0.25) is 0 Å². The van der Waals surface area contributed by atoms with Crippen molar-refractivity contribution in [3.8, 4) is 0 Å². The van der Waals surface area contributed by atoms with E-state index >= 15 is 0 Å². The summed E-state index contributed by atoms with van der Waals surface area (Å²) < 4.78 is 71.2. The van der Waals surface area contributed by atoms with Crippen molar-refractivity contribution in [2.24, 2.45) is 0 Å². The molecule has 0 aliphatic carbocycles. The molecule has 1 fully saturated rings. The highest BCUT2D eigenvalue weighted by atomic mass is 32.2. The largest absolute Gasteiger partial charge is 0.416 e. The van der Waals surface area contributed by atoms with Crippen LogP contribution in [0.3, 0.4) is 0 Å². The van der Waals surface area contributed by atoms with Gasteiger partial charge in [-0.2, -0.15) is 30.2 Å². The Morgan fingerprint density at radius 2 is 2.08 bits per heavy atom. The first-order chi connectivity index (χ1) is 11.2. The molecular formula is C15H21F3N2O3S. The summed E-state index contributed by atoms with van der Waals surface area (Å²) in [5, 5.41) is 0. The van der Waals surface area contributed by atoms with Gasteiger partial charge in [0.25, 0.3) is 10.2 Å². The van der Waals surface area contributed by atoms with Crippen molar-refractivity contribution < 1.29 is 26.3 Å². The van der Waals surface area contributed by atoms with Gasteiger partial charge >= 0.3 is 6.18 Å². The molecule has 5 nitrogen and oxygen atoms in total. The predicted octanol–water partition coefficient (Wildman–Crippen LogP) is 2.49. The molecule has 1 unspecified atom stereocenters. The molecule has 9 heteroatoms. The van der Waals surface area contributed by atoms with Crippen LogP contribution in [0.1, 0.15) is 24.0 Å². The number of halogens is 3. The van der Waals surface area contributed by atoms with Gasteiger partial charge in [0.05, 0.1) is 12.2 Å². The molecule has 1 heterocycles. The second-order valence-electron chi connectivity index (χ2n) is 5.82. The third kappa shape index (κ3) is 4.27. The molecule has 1 aliphatic heterocycles. The first-order valence-corrected chi connectivity index (χ1v) is 8.94. The highest BCUT2D eigenvalue weighted by Crippen LogP contribution is 2.30. The van der Waals surface area contributed by atoms with Gasteiger partial charge in [-0.05, 0) is 24.5 Å². The summed E-state index contributed by atoms with van der Waals surface area (Å²) in [7, 11) is -0.869. The highest BCUT2D eigenvalue weighted by Gasteiger charge is 2.37. The molecule has 1 aromatic rings. The van der Waals surface area contributed by atoms with Gasteiger partial charge in [0.1, 0.15) is 0 Å². The monoisotopic (exact) mass is 366 g/mol. The molecule has 0 radical (unpaired) electrons. The van der Waals surface area contributed by atoms with Crippen LogP contribution in [-0.4, -0.2) is 50.4 Å². The first kappa shape index (κ1) is 19.2. The molecule has 0 spiro atoms. The van der Waals surface area contributed by atoms with E-state index in [0.29, 0.717) is 25.1 Å². The number of hydrogen-bond donors (Lipinski definition) is 0. The molecule has 0 aromatic heterocycles. The van der Waals surface area contributed by atoms with E-state index in [4.69, 9.17) is 4.74 Å². The molecule has 2 rings (SSSR count). The second-order valence-corrected chi connectivity index (χ2v) is 7.81. The van der Waals surface area contributed by atoms with E-state index in [9.17, 15) is 21.6 Å². The van der Waals surface area contributed by atoms with Crippen LogP contribution in [-0.2, 0) is 27.7 Å². The standard InChI is InChI=1S/C15H21F3N2O3S/c1-19(10-12-5-3-6-13(9-12)15(16,17)18)24(21,22)20-8-4-7-14(20)11-23-2/h3,5-6,9,14H,4,7-8,10-11H2,1-2H3. The maximum absolute atomic E-state index is 12.8. The Bertz CT molecular complexity index is 664. The molecule has 1 aromatic carbocycles. The van der Waals surface area contributed by atoms with E-state index in [-0.39, 0.29) is 12.6 Å². The van der Waals surface area contributed by atoms with Crippen LogP contribution in [0.25, 0.3) is 0 Å². The Balaban J connectivity index is 2.15. The minimum Gasteiger partial charge on any atom is -0.383 e. The molecule has 136 valence electrons. The summed E-state index contributed by atoms with van der Waals surface area (Å²) in [6.07, 6.45) is -3.00. The third-order valence-electron chi connectivity index (χ3n) is 4.03. The molecule has 0 saturated carbocycles. The Morgan fingerprint density at radius 1 is 1.38 bits per heavy atom. The minimum atomic E-state index is -4.45. The van der Waals surface area contributed by atoms with E-state index in [2.05, 4.69) is 0 Å². The summed E-state index contributed by atoms with van der Waals surface area (Å²) in [6, 6.07) is 4.47. The quantitative estimate of drug-likeness (QED) is 0.777. The van der Waals surface area contributed by atoms with Gasteiger partial charge in [0, 0.05) is 33.3 Å². The fourth-order valence-corrected chi connectivity index (χ4v) is 4.41. The van der Waals surface area contributed by atoms with Crippen LogP contribution < -0.4 is 0 Å². The van der Waals surface area contributed by atoms with Gasteiger partial charge in [-0.1, -0.05) is 18.2 Å². The summed E-state index contributed by atoms with van der Waals surface area (Å²) in [5.74, 6) is 0. The van der Waals surface area contributed by atoms with Gasteiger partial charge in [-0.25, -0.2) is 0 Å². The van der Waals surface area contributed by atoms with Crippen LogP contribution in [0.5, 0.6) is 0 Å². The van der Waals surface area contributed by atoms with E-state index in [1.165, 1.54) is 30.6 Å². The van der Waals surface area contributed by atoms with Crippen LogP contribution in [0.15, 0.2) is 24.3 Å². The summed E-state index contributed by atoms with van der Waals surface area (Å²) in [4.78, 5) is 0. The lowest BCUT2D eigenvalue weighted by molar-refractivity contribution is -0.137. The number of methoxy groups -OCH3 is 1. The van der Waals surface area contributed by atoms with Gasteiger partial charge in [-0.3, -0.25) is 0 Å². The van der Waals surface area contributed by atoms with Crippen molar-refractivity contribution in [1.82, 2.24) is 8.61 Å². The van der Waals surface area contributed by atoms with Crippen molar-refractivity contribution in [2.45, 2.75) is 31.6 Å². The maximum atomic E-state index is 12.8. The second kappa shape index (κ2) is 7.38. The normalized spacial score (nSPS) is 20.0. The Hall–Kier alpha value is -1.16. The number of hydrogen-bond acceptors (Lipinski definition) is 3. The zero-order chi connectivity index (χ0) is 18.0. The zero-order valence-electron chi connectivity index (χ0n) is 13.6. The Labute approximate surface area is 140 Å².